The lowest BCUT2D eigenvalue weighted by atomic mass is 9.98. The van der Waals surface area contributed by atoms with E-state index in [-0.39, 0.29) is 11.9 Å². The number of aromatic nitrogens is 1. The zero-order valence-electron chi connectivity index (χ0n) is 10.6. The molecule has 0 unspecified atom stereocenters. The van der Waals surface area contributed by atoms with E-state index in [1.807, 2.05) is 0 Å². The Morgan fingerprint density at radius 2 is 2.20 bits per heavy atom. The first-order valence-electron chi connectivity index (χ1n) is 6.16. The highest BCUT2D eigenvalue weighted by atomic mass is 19.4. The molecule has 4 nitrogen and oxygen atoms in total. The summed E-state index contributed by atoms with van der Waals surface area (Å²) < 4.78 is 43.1. The molecule has 0 amide bonds. The Balaban J connectivity index is 2.18. The number of hydrogen-bond donors (Lipinski definition) is 2. The molecule has 20 heavy (non-hydrogen) atoms. The number of nitrogens with zero attached hydrogens (tertiary/aromatic N) is 1. The van der Waals surface area contributed by atoms with Crippen molar-refractivity contribution in [2.75, 3.05) is 6.54 Å². The molecule has 0 aromatic carbocycles. The average Bonchev–Trinajstić information content (AvgIpc) is 2.40. The summed E-state index contributed by atoms with van der Waals surface area (Å²) in [6.45, 7) is 4.20. The molecule has 1 aromatic heterocycles. The summed E-state index contributed by atoms with van der Waals surface area (Å²) in [4.78, 5) is 3.42. The third-order valence-electron chi connectivity index (χ3n) is 3.08. The van der Waals surface area contributed by atoms with Crippen LogP contribution in [0.5, 0.6) is 5.88 Å². The molecule has 2 N–H and O–H groups in total. The fraction of sp³-hybridized carbons (Fsp3) is 0.462. The van der Waals surface area contributed by atoms with Crippen molar-refractivity contribution in [3.63, 3.8) is 0 Å². The largest absolute Gasteiger partial charge is 0.470 e. The van der Waals surface area contributed by atoms with Crippen molar-refractivity contribution in [2.45, 2.75) is 30.8 Å². The van der Waals surface area contributed by atoms with Gasteiger partial charge in [-0.25, -0.2) is 4.98 Å². The second-order valence-corrected chi connectivity index (χ2v) is 4.51. The first kappa shape index (κ1) is 14.8. The molecule has 1 aliphatic heterocycles. The van der Waals surface area contributed by atoms with Gasteiger partial charge in [-0.2, -0.15) is 13.2 Å². The van der Waals surface area contributed by atoms with Crippen LogP contribution in [0.1, 0.15) is 12.1 Å². The second-order valence-electron chi connectivity index (χ2n) is 4.51. The monoisotopic (exact) mass is 288 g/mol. The lowest BCUT2D eigenvalue weighted by molar-refractivity contribution is -0.141. The molecule has 0 spiro atoms. The fourth-order valence-electron chi connectivity index (χ4n) is 2.06. The number of rotatable bonds is 3. The highest BCUT2D eigenvalue weighted by Gasteiger charge is 2.35. The van der Waals surface area contributed by atoms with Gasteiger partial charge in [0.15, 0.2) is 0 Å². The van der Waals surface area contributed by atoms with E-state index in [2.05, 4.69) is 16.9 Å². The van der Waals surface area contributed by atoms with Crippen molar-refractivity contribution in [3.8, 4) is 5.88 Å². The van der Waals surface area contributed by atoms with Crippen molar-refractivity contribution in [3.05, 3.63) is 36.5 Å². The van der Waals surface area contributed by atoms with E-state index in [1.54, 1.807) is 6.08 Å². The number of aliphatic hydroxyl groups excluding tert-OH is 1. The lowest BCUT2D eigenvalue weighted by Crippen LogP contribution is -2.54. The normalized spacial score (nSPS) is 27.1. The predicted octanol–water partition coefficient (Wildman–Crippen LogP) is 1.76. The molecule has 1 fully saturated rings. The van der Waals surface area contributed by atoms with Crippen LogP contribution in [-0.2, 0) is 6.18 Å². The van der Waals surface area contributed by atoms with Gasteiger partial charge in [0.2, 0.25) is 5.88 Å². The Kier molecular flexibility index (Phi) is 4.29. The summed E-state index contributed by atoms with van der Waals surface area (Å²) in [6.07, 6.45) is -4.01. The fourth-order valence-corrected chi connectivity index (χ4v) is 2.06. The molecular formula is C13H15F3N2O2. The minimum Gasteiger partial charge on any atom is -0.470 e. The number of halogens is 3. The Morgan fingerprint density at radius 1 is 1.45 bits per heavy atom. The average molecular weight is 288 g/mol. The van der Waals surface area contributed by atoms with Gasteiger partial charge < -0.3 is 15.2 Å². The molecule has 3 atom stereocenters. The number of ether oxygens (including phenoxy) is 1. The topological polar surface area (TPSA) is 54.4 Å². The molecule has 0 radical (unpaired) electrons. The van der Waals surface area contributed by atoms with E-state index in [0.29, 0.717) is 13.0 Å². The highest BCUT2D eigenvalue weighted by molar-refractivity contribution is 5.19. The van der Waals surface area contributed by atoms with E-state index >= 15 is 0 Å². The van der Waals surface area contributed by atoms with E-state index < -0.39 is 24.1 Å². The van der Waals surface area contributed by atoms with Crippen LogP contribution < -0.4 is 10.1 Å². The van der Waals surface area contributed by atoms with E-state index in [0.717, 1.165) is 6.07 Å². The van der Waals surface area contributed by atoms with Gasteiger partial charge in [0.05, 0.1) is 12.1 Å². The van der Waals surface area contributed by atoms with Gasteiger partial charge in [0.25, 0.3) is 0 Å². The maximum Gasteiger partial charge on any atom is 0.433 e. The molecule has 2 rings (SSSR count). The summed E-state index contributed by atoms with van der Waals surface area (Å²) in [5.41, 5.74) is -1.02. The Morgan fingerprint density at radius 3 is 2.85 bits per heavy atom. The Labute approximate surface area is 114 Å². The van der Waals surface area contributed by atoms with Crippen molar-refractivity contribution < 1.29 is 23.0 Å². The molecule has 110 valence electrons. The predicted molar refractivity (Wildman–Crippen MR) is 66.3 cm³/mol. The molecule has 0 saturated carbocycles. The standard InChI is InChI=1S/C13H15F3N2O2/c1-2-8-12(9(19)6-7-17-8)20-11-5-3-4-10(18-11)13(14,15)16/h2-5,8-9,12,17,19H,1,6-7H2/t8-,9-,12+/m0/s1. The minimum atomic E-state index is -4.53. The van der Waals surface area contributed by atoms with Crippen LogP contribution in [0.15, 0.2) is 30.9 Å². The van der Waals surface area contributed by atoms with Crippen LogP contribution >= 0.6 is 0 Å². The minimum absolute atomic E-state index is 0.167. The Bertz CT molecular complexity index is 479. The van der Waals surface area contributed by atoms with Crippen molar-refractivity contribution in [2.24, 2.45) is 0 Å². The number of piperidine rings is 1. The molecule has 1 saturated heterocycles. The molecular weight excluding hydrogens is 273 g/mol. The summed E-state index contributed by atoms with van der Waals surface area (Å²) >= 11 is 0. The zero-order valence-corrected chi connectivity index (χ0v) is 10.6. The maximum absolute atomic E-state index is 12.6. The van der Waals surface area contributed by atoms with Gasteiger partial charge in [0.1, 0.15) is 11.8 Å². The summed E-state index contributed by atoms with van der Waals surface area (Å²) in [5.74, 6) is -0.167. The number of aliphatic hydroxyl groups is 1. The van der Waals surface area contributed by atoms with Crippen LogP contribution in [0.3, 0.4) is 0 Å². The van der Waals surface area contributed by atoms with Crippen LogP contribution in [0.25, 0.3) is 0 Å². The molecule has 1 aliphatic rings. The quantitative estimate of drug-likeness (QED) is 0.832. The van der Waals surface area contributed by atoms with Gasteiger partial charge in [0, 0.05) is 6.07 Å². The van der Waals surface area contributed by atoms with E-state index in [9.17, 15) is 18.3 Å². The summed E-state index contributed by atoms with van der Waals surface area (Å²) in [7, 11) is 0. The van der Waals surface area contributed by atoms with Crippen LogP contribution in [0.4, 0.5) is 13.2 Å². The van der Waals surface area contributed by atoms with Gasteiger partial charge in [-0.15, -0.1) is 6.58 Å². The van der Waals surface area contributed by atoms with Gasteiger partial charge in [-0.1, -0.05) is 12.1 Å². The van der Waals surface area contributed by atoms with Crippen LogP contribution in [0, 0.1) is 0 Å². The molecule has 2 heterocycles. The first-order chi connectivity index (χ1) is 9.41. The molecule has 0 aliphatic carbocycles. The summed E-state index contributed by atoms with van der Waals surface area (Å²) in [6, 6.07) is 3.08. The van der Waals surface area contributed by atoms with Crippen molar-refractivity contribution in [1.29, 1.82) is 0 Å². The van der Waals surface area contributed by atoms with Crippen LogP contribution in [-0.4, -0.2) is 34.9 Å². The first-order valence-corrected chi connectivity index (χ1v) is 6.16. The third kappa shape index (κ3) is 3.29. The van der Waals surface area contributed by atoms with Gasteiger partial charge in [-0.3, -0.25) is 0 Å². The van der Waals surface area contributed by atoms with E-state index in [4.69, 9.17) is 4.74 Å². The van der Waals surface area contributed by atoms with Crippen molar-refractivity contribution >= 4 is 0 Å². The second kappa shape index (κ2) is 5.80. The lowest BCUT2D eigenvalue weighted by Gasteiger charge is -2.34. The number of hydrogen-bond acceptors (Lipinski definition) is 4. The number of pyridine rings is 1. The van der Waals surface area contributed by atoms with Gasteiger partial charge >= 0.3 is 6.18 Å². The molecule has 7 heteroatoms. The third-order valence-corrected chi connectivity index (χ3v) is 3.08. The zero-order chi connectivity index (χ0) is 14.8. The Hall–Kier alpha value is -1.60. The van der Waals surface area contributed by atoms with Crippen molar-refractivity contribution in [1.82, 2.24) is 10.3 Å². The molecule has 0 bridgehead atoms. The maximum atomic E-state index is 12.6. The SMILES string of the molecule is C=C[C@@H]1NCC[C@H](O)[C@@H]1Oc1cccc(C(F)(F)F)n1. The number of nitrogens with one attached hydrogen (secondary N) is 1. The smallest absolute Gasteiger partial charge is 0.433 e. The number of alkyl halides is 3. The van der Waals surface area contributed by atoms with Gasteiger partial charge in [-0.05, 0) is 19.0 Å². The highest BCUT2D eigenvalue weighted by Crippen LogP contribution is 2.29. The summed E-state index contributed by atoms with van der Waals surface area (Å²) in [5, 5.41) is 13.0. The van der Waals surface area contributed by atoms with E-state index in [1.165, 1.54) is 12.1 Å². The van der Waals surface area contributed by atoms with Crippen LogP contribution in [0.2, 0.25) is 0 Å². The molecule has 1 aromatic rings.